The second-order valence-corrected chi connectivity index (χ2v) is 11.0. The summed E-state index contributed by atoms with van der Waals surface area (Å²) in [6.07, 6.45) is 3.26. The Kier molecular flexibility index (Phi) is 8.78. The number of ether oxygens (including phenoxy) is 4. The van der Waals surface area contributed by atoms with E-state index in [2.05, 4.69) is 87.7 Å². The maximum atomic E-state index is 6.17. The first kappa shape index (κ1) is 26.7. The molecule has 2 saturated heterocycles. The number of quaternary nitrogens is 1. The van der Waals surface area contributed by atoms with Crippen LogP contribution in [0.3, 0.4) is 0 Å². The normalized spacial score (nSPS) is 24.7. The second-order valence-electron chi connectivity index (χ2n) is 11.0. The molecule has 2 fully saturated rings. The van der Waals surface area contributed by atoms with E-state index in [-0.39, 0.29) is 18.0 Å². The van der Waals surface area contributed by atoms with Gasteiger partial charge in [0.1, 0.15) is 13.1 Å². The summed E-state index contributed by atoms with van der Waals surface area (Å²) in [5.41, 5.74) is 4.58. The van der Waals surface area contributed by atoms with Crippen molar-refractivity contribution in [2.75, 3.05) is 60.7 Å². The molecule has 0 bridgehead atoms. The molecule has 6 nitrogen and oxygen atoms in total. The Hall–Kier alpha value is -2.32. The Balaban J connectivity index is 1.19. The van der Waals surface area contributed by atoms with E-state index in [0.29, 0.717) is 33.0 Å². The molecule has 0 aromatic heterocycles. The van der Waals surface area contributed by atoms with E-state index in [1.54, 1.807) is 0 Å². The molecule has 0 N–H and O–H groups in total. The van der Waals surface area contributed by atoms with Crippen LogP contribution in [-0.4, -0.2) is 82.6 Å². The van der Waals surface area contributed by atoms with Crippen molar-refractivity contribution in [1.82, 2.24) is 4.90 Å². The molecule has 0 radical (unpaired) electrons. The van der Waals surface area contributed by atoms with Gasteiger partial charge in [-0.1, -0.05) is 73.8 Å². The third-order valence-electron chi connectivity index (χ3n) is 6.90. The van der Waals surface area contributed by atoms with Crippen molar-refractivity contribution < 1.29 is 23.4 Å². The highest BCUT2D eigenvalue weighted by atomic mass is 16.7. The van der Waals surface area contributed by atoms with Crippen LogP contribution in [0.1, 0.15) is 22.3 Å². The number of rotatable bonds is 10. The van der Waals surface area contributed by atoms with E-state index < -0.39 is 0 Å². The molecule has 194 valence electrons. The maximum Gasteiger partial charge on any atom is 0.207 e. The van der Waals surface area contributed by atoms with E-state index >= 15 is 0 Å². The van der Waals surface area contributed by atoms with Gasteiger partial charge < -0.3 is 23.4 Å². The second kappa shape index (κ2) is 11.8. The summed E-state index contributed by atoms with van der Waals surface area (Å²) in [5, 5.41) is 0. The third-order valence-corrected chi connectivity index (χ3v) is 6.90. The average Bonchev–Trinajstić information content (AvgIpc) is 2.87. The minimum atomic E-state index is -0.242. The summed E-state index contributed by atoms with van der Waals surface area (Å²) < 4.78 is 25.3. The Morgan fingerprint density at radius 1 is 0.806 bits per heavy atom. The van der Waals surface area contributed by atoms with Gasteiger partial charge in [-0.3, -0.25) is 4.90 Å². The van der Waals surface area contributed by atoms with Crippen LogP contribution in [-0.2, 0) is 32.0 Å². The lowest BCUT2D eigenvalue weighted by molar-refractivity contribution is -0.909. The van der Waals surface area contributed by atoms with Gasteiger partial charge in [-0.2, -0.15) is 0 Å². The van der Waals surface area contributed by atoms with Crippen molar-refractivity contribution in [2.24, 2.45) is 5.41 Å². The van der Waals surface area contributed by atoms with E-state index in [4.69, 9.17) is 18.9 Å². The predicted octanol–water partition coefficient (Wildman–Crippen LogP) is 4.41. The minimum Gasteiger partial charge on any atom is -0.350 e. The van der Waals surface area contributed by atoms with Gasteiger partial charge in [-0.15, -0.1) is 0 Å². The molecule has 6 heteroatoms. The fourth-order valence-corrected chi connectivity index (χ4v) is 4.75. The third kappa shape index (κ3) is 7.35. The molecule has 2 aromatic carbocycles. The molecule has 2 aliphatic rings. The first-order chi connectivity index (χ1) is 17.3. The summed E-state index contributed by atoms with van der Waals surface area (Å²) in [6.45, 7) is 13.2. The summed E-state index contributed by atoms with van der Waals surface area (Å²) in [6, 6.07) is 17.0. The number of hydrogen-bond acceptors (Lipinski definition) is 5. The Labute approximate surface area is 216 Å². The fraction of sp³-hybridized carbons (Fsp3) is 0.467. The van der Waals surface area contributed by atoms with Gasteiger partial charge in [0.25, 0.3) is 0 Å². The summed E-state index contributed by atoms with van der Waals surface area (Å²) >= 11 is 0. The van der Waals surface area contributed by atoms with Crippen LogP contribution >= 0.6 is 0 Å². The quantitative estimate of drug-likeness (QED) is 0.459. The zero-order valence-electron chi connectivity index (χ0n) is 22.0. The summed E-state index contributed by atoms with van der Waals surface area (Å²) in [4.78, 5) is 2.22. The van der Waals surface area contributed by atoms with Crippen molar-refractivity contribution in [2.45, 2.75) is 25.7 Å². The first-order valence-corrected chi connectivity index (χ1v) is 12.7. The van der Waals surface area contributed by atoms with E-state index in [1.165, 1.54) is 11.1 Å². The summed E-state index contributed by atoms with van der Waals surface area (Å²) in [7, 11) is 6.50. The van der Waals surface area contributed by atoms with Crippen LogP contribution in [0.25, 0.3) is 12.2 Å². The van der Waals surface area contributed by atoms with Crippen LogP contribution < -0.4 is 0 Å². The van der Waals surface area contributed by atoms with Crippen LogP contribution in [0.4, 0.5) is 0 Å². The monoisotopic (exact) mass is 493 g/mol. The molecule has 2 heterocycles. The lowest BCUT2D eigenvalue weighted by atomic mass is 9.91. The van der Waals surface area contributed by atoms with Crippen molar-refractivity contribution in [3.63, 3.8) is 0 Å². The molecular weight excluding hydrogens is 452 g/mol. The lowest BCUT2D eigenvalue weighted by Crippen LogP contribution is -2.56. The highest BCUT2D eigenvalue weighted by molar-refractivity contribution is 5.47. The Bertz CT molecular complexity index is 985. The van der Waals surface area contributed by atoms with Crippen molar-refractivity contribution in [3.8, 4) is 0 Å². The first-order valence-electron chi connectivity index (χ1n) is 12.7. The highest BCUT2D eigenvalue weighted by Gasteiger charge is 2.43. The molecule has 1 spiro atoms. The van der Waals surface area contributed by atoms with Crippen molar-refractivity contribution >= 4 is 12.2 Å². The molecule has 2 aromatic rings. The molecule has 0 unspecified atom stereocenters. The molecule has 0 amide bonds. The smallest absolute Gasteiger partial charge is 0.207 e. The van der Waals surface area contributed by atoms with Gasteiger partial charge in [0.2, 0.25) is 6.29 Å². The van der Waals surface area contributed by atoms with Gasteiger partial charge in [0, 0.05) is 18.7 Å². The SMILES string of the molecule is C=Cc1ccc(CN(C)CC2OCC3(CO2)COC(C[N+](C)(C)Cc2ccc(C=C)cc2)OC3)cc1. The molecule has 36 heavy (non-hydrogen) atoms. The molecule has 0 atom stereocenters. The van der Waals surface area contributed by atoms with E-state index in [0.717, 1.165) is 35.2 Å². The number of benzene rings is 2. The van der Waals surface area contributed by atoms with Gasteiger partial charge in [-0.05, 0) is 23.7 Å². The number of likely N-dealkylation sites (N-methyl/N-ethyl adjacent to an activating group) is 2. The van der Waals surface area contributed by atoms with Gasteiger partial charge in [0.15, 0.2) is 6.29 Å². The van der Waals surface area contributed by atoms with Gasteiger partial charge in [0.05, 0.1) is 45.9 Å². The lowest BCUT2D eigenvalue weighted by Gasteiger charge is -2.45. The molecule has 0 saturated carbocycles. The molecule has 4 rings (SSSR count). The summed E-state index contributed by atoms with van der Waals surface area (Å²) in [5.74, 6) is 0. The Morgan fingerprint density at radius 3 is 1.78 bits per heavy atom. The largest absolute Gasteiger partial charge is 0.350 e. The molecular formula is C30H41N2O4+. The van der Waals surface area contributed by atoms with Crippen molar-refractivity contribution in [3.05, 3.63) is 83.9 Å². The number of nitrogens with zero attached hydrogens (tertiary/aromatic N) is 2. The van der Waals surface area contributed by atoms with Crippen LogP contribution in [0.15, 0.2) is 61.7 Å². The van der Waals surface area contributed by atoms with E-state index in [1.807, 2.05) is 12.2 Å². The average molecular weight is 494 g/mol. The standard InChI is InChI=1S/C30H41N2O4/c1-6-24-8-12-26(13-9-24)16-31(3)17-28-33-20-30(21-34-28)22-35-29(36-23-30)19-32(4,5)18-27-14-10-25(7-2)11-15-27/h6-15,28-29H,1-2,16-23H2,3-5H3/q+1. The fourth-order valence-electron chi connectivity index (χ4n) is 4.75. The highest BCUT2D eigenvalue weighted by Crippen LogP contribution is 2.31. The number of hydrogen-bond donors (Lipinski definition) is 0. The maximum absolute atomic E-state index is 6.17. The van der Waals surface area contributed by atoms with Crippen LogP contribution in [0.5, 0.6) is 0 Å². The van der Waals surface area contributed by atoms with Gasteiger partial charge >= 0.3 is 0 Å². The van der Waals surface area contributed by atoms with Crippen molar-refractivity contribution in [1.29, 1.82) is 0 Å². The molecule has 0 aliphatic carbocycles. The van der Waals surface area contributed by atoms with Crippen LogP contribution in [0, 0.1) is 5.41 Å². The topological polar surface area (TPSA) is 40.2 Å². The Morgan fingerprint density at radius 2 is 1.28 bits per heavy atom. The van der Waals surface area contributed by atoms with E-state index in [9.17, 15) is 0 Å². The zero-order chi connectivity index (χ0) is 25.6. The predicted molar refractivity (Wildman–Crippen MR) is 144 cm³/mol. The van der Waals surface area contributed by atoms with Crippen LogP contribution in [0.2, 0.25) is 0 Å². The molecule has 2 aliphatic heterocycles. The minimum absolute atomic E-state index is 0.227. The van der Waals surface area contributed by atoms with Gasteiger partial charge in [-0.25, -0.2) is 0 Å². The zero-order valence-corrected chi connectivity index (χ0v) is 22.0.